The van der Waals surface area contributed by atoms with E-state index < -0.39 is 0 Å². The maximum absolute atomic E-state index is 11.9. The number of para-hydroxylation sites is 2. The molecular formula is C19H29N3O4. The molecule has 0 atom stereocenters. The van der Waals surface area contributed by atoms with Crippen molar-refractivity contribution in [2.24, 2.45) is 0 Å². The molecule has 7 nitrogen and oxygen atoms in total. The number of ether oxygens (including phenoxy) is 2. The molecule has 144 valence electrons. The summed E-state index contributed by atoms with van der Waals surface area (Å²) < 4.78 is 10.8. The van der Waals surface area contributed by atoms with Crippen LogP contribution in [0.15, 0.2) is 24.3 Å². The van der Waals surface area contributed by atoms with E-state index in [1.807, 2.05) is 24.3 Å². The van der Waals surface area contributed by atoms with Crippen LogP contribution in [0.25, 0.3) is 0 Å². The van der Waals surface area contributed by atoms with E-state index in [4.69, 9.17) is 9.47 Å². The molecule has 0 radical (unpaired) electrons. The van der Waals surface area contributed by atoms with Crippen molar-refractivity contribution in [1.82, 2.24) is 16.0 Å². The van der Waals surface area contributed by atoms with Crippen molar-refractivity contribution in [2.75, 3.05) is 26.8 Å². The topological polar surface area (TPSA) is 88.7 Å². The number of amides is 3. The summed E-state index contributed by atoms with van der Waals surface area (Å²) in [6.07, 6.45) is 6.04. The average Bonchev–Trinajstić information content (AvgIpc) is 2.66. The maximum atomic E-state index is 11.9. The largest absolute Gasteiger partial charge is 0.493 e. The molecule has 7 heteroatoms. The zero-order valence-electron chi connectivity index (χ0n) is 15.4. The molecule has 3 N–H and O–H groups in total. The Labute approximate surface area is 154 Å². The van der Waals surface area contributed by atoms with Crippen LogP contribution in [0.4, 0.5) is 4.79 Å². The molecule has 1 saturated carbocycles. The van der Waals surface area contributed by atoms with E-state index in [1.54, 1.807) is 7.11 Å². The van der Waals surface area contributed by atoms with Crippen LogP contribution in [0.2, 0.25) is 0 Å². The van der Waals surface area contributed by atoms with Crippen LogP contribution in [-0.2, 0) is 4.79 Å². The fraction of sp³-hybridized carbons (Fsp3) is 0.579. The highest BCUT2D eigenvalue weighted by atomic mass is 16.5. The van der Waals surface area contributed by atoms with Gasteiger partial charge in [-0.3, -0.25) is 4.79 Å². The Morgan fingerprint density at radius 2 is 1.73 bits per heavy atom. The first-order valence-electron chi connectivity index (χ1n) is 9.26. The molecule has 2 rings (SSSR count). The number of methoxy groups -OCH3 is 1. The Morgan fingerprint density at radius 1 is 1.04 bits per heavy atom. The summed E-state index contributed by atoms with van der Waals surface area (Å²) in [4.78, 5) is 23.6. The van der Waals surface area contributed by atoms with Crippen LogP contribution in [0.1, 0.15) is 38.5 Å². The summed E-state index contributed by atoms with van der Waals surface area (Å²) in [6.45, 7) is 1.01. The van der Waals surface area contributed by atoms with Crippen LogP contribution in [0.5, 0.6) is 11.5 Å². The molecule has 0 spiro atoms. The molecule has 0 saturated heterocycles. The predicted octanol–water partition coefficient (Wildman–Crippen LogP) is 2.21. The Kier molecular flexibility index (Phi) is 8.59. The Bertz CT molecular complexity index is 574. The smallest absolute Gasteiger partial charge is 0.314 e. The van der Waals surface area contributed by atoms with Crippen LogP contribution in [-0.4, -0.2) is 44.8 Å². The lowest BCUT2D eigenvalue weighted by Gasteiger charge is -2.22. The first-order valence-corrected chi connectivity index (χ1v) is 9.26. The summed E-state index contributed by atoms with van der Waals surface area (Å²) in [5, 5.41) is 8.41. The molecule has 26 heavy (non-hydrogen) atoms. The van der Waals surface area contributed by atoms with Gasteiger partial charge in [0.15, 0.2) is 11.5 Å². The zero-order valence-corrected chi connectivity index (χ0v) is 15.4. The molecule has 0 bridgehead atoms. The van der Waals surface area contributed by atoms with Gasteiger partial charge >= 0.3 is 6.03 Å². The normalized spacial score (nSPS) is 14.3. The van der Waals surface area contributed by atoms with Gasteiger partial charge in [-0.05, 0) is 25.0 Å². The van der Waals surface area contributed by atoms with Gasteiger partial charge in [0, 0.05) is 19.0 Å². The van der Waals surface area contributed by atoms with Gasteiger partial charge in [-0.15, -0.1) is 0 Å². The molecule has 1 aromatic rings. The van der Waals surface area contributed by atoms with E-state index in [0.29, 0.717) is 43.7 Å². The van der Waals surface area contributed by atoms with Crippen LogP contribution < -0.4 is 25.4 Å². The van der Waals surface area contributed by atoms with Crippen molar-refractivity contribution >= 4 is 11.9 Å². The van der Waals surface area contributed by atoms with Gasteiger partial charge in [-0.25, -0.2) is 4.79 Å². The van der Waals surface area contributed by atoms with Crippen LogP contribution in [0, 0.1) is 0 Å². The number of carbonyl (C=O) groups excluding carboxylic acids is 2. The van der Waals surface area contributed by atoms with E-state index >= 15 is 0 Å². The molecule has 0 aromatic heterocycles. The minimum Gasteiger partial charge on any atom is -0.493 e. The highest BCUT2D eigenvalue weighted by Crippen LogP contribution is 2.25. The molecule has 1 aliphatic carbocycles. The summed E-state index contributed by atoms with van der Waals surface area (Å²) >= 11 is 0. The van der Waals surface area contributed by atoms with E-state index in [9.17, 15) is 9.59 Å². The molecule has 3 amide bonds. The summed E-state index contributed by atoms with van der Waals surface area (Å²) in [5.41, 5.74) is 0. The second-order valence-corrected chi connectivity index (χ2v) is 6.33. The first-order chi connectivity index (χ1) is 12.7. The Hall–Kier alpha value is -2.44. The number of urea groups is 1. The monoisotopic (exact) mass is 363 g/mol. The van der Waals surface area contributed by atoms with Crippen molar-refractivity contribution in [1.29, 1.82) is 0 Å². The van der Waals surface area contributed by atoms with E-state index in [2.05, 4.69) is 16.0 Å². The first kappa shape index (κ1) is 19.9. The van der Waals surface area contributed by atoms with Crippen molar-refractivity contribution in [3.8, 4) is 11.5 Å². The number of nitrogens with one attached hydrogen (secondary N) is 3. The third-order valence-corrected chi connectivity index (χ3v) is 4.32. The lowest BCUT2D eigenvalue weighted by atomic mass is 9.95. The summed E-state index contributed by atoms with van der Waals surface area (Å²) in [5.74, 6) is 1.29. The molecule has 1 aromatic carbocycles. The van der Waals surface area contributed by atoms with E-state index in [-0.39, 0.29) is 11.9 Å². The van der Waals surface area contributed by atoms with Gasteiger partial charge in [0.25, 0.3) is 0 Å². The Morgan fingerprint density at radius 3 is 2.46 bits per heavy atom. The quantitative estimate of drug-likeness (QED) is 0.587. The van der Waals surface area contributed by atoms with E-state index in [0.717, 1.165) is 12.8 Å². The van der Waals surface area contributed by atoms with Crippen molar-refractivity contribution in [2.45, 2.75) is 44.6 Å². The molecular weight excluding hydrogens is 334 g/mol. The second kappa shape index (κ2) is 11.2. The number of hydrogen-bond donors (Lipinski definition) is 3. The van der Waals surface area contributed by atoms with E-state index in [1.165, 1.54) is 19.3 Å². The minimum atomic E-state index is -0.306. The van der Waals surface area contributed by atoms with Gasteiger partial charge in [-0.1, -0.05) is 31.4 Å². The molecule has 0 aliphatic heterocycles. The summed E-state index contributed by atoms with van der Waals surface area (Å²) in [7, 11) is 1.58. The van der Waals surface area contributed by atoms with Gasteiger partial charge in [0.1, 0.15) is 6.61 Å². The van der Waals surface area contributed by atoms with Gasteiger partial charge in [-0.2, -0.15) is 0 Å². The number of hydrogen-bond acceptors (Lipinski definition) is 4. The SMILES string of the molecule is COc1ccccc1OCCNC(=O)NCCC(=O)NC1CCCCC1. The molecule has 0 unspecified atom stereocenters. The summed E-state index contributed by atoms with van der Waals surface area (Å²) in [6, 6.07) is 7.34. The van der Waals surface area contributed by atoms with Gasteiger partial charge in [0.05, 0.1) is 13.7 Å². The number of benzene rings is 1. The van der Waals surface area contributed by atoms with Crippen molar-refractivity contribution < 1.29 is 19.1 Å². The number of rotatable bonds is 9. The molecule has 1 fully saturated rings. The van der Waals surface area contributed by atoms with Crippen LogP contribution >= 0.6 is 0 Å². The highest BCUT2D eigenvalue weighted by Gasteiger charge is 2.15. The lowest BCUT2D eigenvalue weighted by molar-refractivity contribution is -0.121. The third-order valence-electron chi connectivity index (χ3n) is 4.32. The average molecular weight is 363 g/mol. The van der Waals surface area contributed by atoms with Crippen molar-refractivity contribution in [3.05, 3.63) is 24.3 Å². The number of carbonyl (C=O) groups is 2. The minimum absolute atomic E-state index is 0.00305. The second-order valence-electron chi connectivity index (χ2n) is 6.33. The fourth-order valence-corrected chi connectivity index (χ4v) is 2.96. The van der Waals surface area contributed by atoms with Gasteiger partial charge < -0.3 is 25.4 Å². The Balaban J connectivity index is 1.52. The molecule has 0 heterocycles. The fourth-order valence-electron chi connectivity index (χ4n) is 2.96. The van der Waals surface area contributed by atoms with Gasteiger partial charge in [0.2, 0.25) is 5.91 Å². The maximum Gasteiger partial charge on any atom is 0.314 e. The standard InChI is InChI=1S/C19H29N3O4/c1-25-16-9-5-6-10-17(16)26-14-13-21-19(24)20-12-11-18(23)22-15-7-3-2-4-8-15/h5-6,9-10,15H,2-4,7-8,11-14H2,1H3,(H,22,23)(H2,20,21,24). The zero-order chi connectivity index (χ0) is 18.6. The van der Waals surface area contributed by atoms with Crippen LogP contribution in [0.3, 0.4) is 0 Å². The van der Waals surface area contributed by atoms with Crippen molar-refractivity contribution in [3.63, 3.8) is 0 Å². The lowest BCUT2D eigenvalue weighted by Crippen LogP contribution is -2.41. The molecule has 1 aliphatic rings. The third kappa shape index (κ3) is 7.21. The predicted molar refractivity (Wildman–Crippen MR) is 99.5 cm³/mol. The highest BCUT2D eigenvalue weighted by molar-refractivity contribution is 5.78.